The summed E-state index contributed by atoms with van der Waals surface area (Å²) < 4.78 is 22.9. The molecule has 82 valence electrons. The Morgan fingerprint density at radius 3 is 2.21 bits per heavy atom. The number of hydrogen-bond donors (Lipinski definition) is 1. The lowest BCUT2D eigenvalue weighted by atomic mass is 9.88. The zero-order valence-electron chi connectivity index (χ0n) is 8.45. The van der Waals surface area contributed by atoms with Crippen LogP contribution in [0.2, 0.25) is 0 Å². The number of carbonyl (C=O) groups is 1. The van der Waals surface area contributed by atoms with E-state index in [1.165, 1.54) is 0 Å². The predicted molar refractivity (Wildman–Crippen MR) is 54.4 cm³/mol. The Bertz CT molecular complexity index is 315. The van der Waals surface area contributed by atoms with Gasteiger partial charge in [-0.3, -0.25) is 4.79 Å². The maximum atomic E-state index is 11.5. The van der Waals surface area contributed by atoms with Crippen LogP contribution in [0.25, 0.3) is 0 Å². The van der Waals surface area contributed by atoms with Crippen molar-refractivity contribution in [2.75, 3.05) is 11.5 Å². The Morgan fingerprint density at radius 2 is 1.86 bits per heavy atom. The third-order valence-corrected chi connectivity index (χ3v) is 4.89. The molecule has 0 bridgehead atoms. The highest BCUT2D eigenvalue weighted by Crippen LogP contribution is 2.39. The third-order valence-electron chi connectivity index (χ3n) is 3.02. The molecule has 1 aliphatic rings. The smallest absolute Gasteiger partial charge is 0.224 e. The van der Waals surface area contributed by atoms with Crippen LogP contribution in [-0.4, -0.2) is 25.8 Å². The van der Waals surface area contributed by atoms with Crippen molar-refractivity contribution in [3.63, 3.8) is 0 Å². The van der Waals surface area contributed by atoms with Gasteiger partial charge in [-0.15, -0.1) is 0 Å². The number of primary amides is 1. The van der Waals surface area contributed by atoms with Crippen LogP contribution in [0.3, 0.4) is 0 Å². The van der Waals surface area contributed by atoms with Crippen molar-refractivity contribution >= 4 is 15.7 Å². The van der Waals surface area contributed by atoms with E-state index in [1.54, 1.807) is 6.92 Å². The maximum absolute atomic E-state index is 11.5. The Balaban J connectivity index is 2.86. The number of nitrogens with two attached hydrogens (primary N) is 1. The van der Waals surface area contributed by atoms with E-state index in [9.17, 15) is 13.2 Å². The number of hydrogen-bond acceptors (Lipinski definition) is 3. The molecule has 1 fully saturated rings. The minimum Gasteiger partial charge on any atom is -0.369 e. The highest BCUT2D eigenvalue weighted by molar-refractivity contribution is 7.91. The predicted octanol–water partition coefficient (Wildman–Crippen LogP) is 0.467. The van der Waals surface area contributed by atoms with Gasteiger partial charge in [0, 0.05) is 5.75 Å². The van der Waals surface area contributed by atoms with Crippen molar-refractivity contribution in [3.05, 3.63) is 0 Å². The van der Waals surface area contributed by atoms with Crippen molar-refractivity contribution in [1.82, 2.24) is 0 Å². The second kappa shape index (κ2) is 3.88. The topological polar surface area (TPSA) is 77.2 Å². The van der Waals surface area contributed by atoms with E-state index in [0.717, 1.165) is 12.8 Å². The fourth-order valence-corrected chi connectivity index (χ4v) is 3.51. The monoisotopic (exact) mass is 219 g/mol. The number of sulfone groups is 1. The highest BCUT2D eigenvalue weighted by Gasteiger charge is 2.42. The van der Waals surface area contributed by atoms with Gasteiger partial charge < -0.3 is 5.73 Å². The molecule has 0 atom stereocenters. The van der Waals surface area contributed by atoms with Gasteiger partial charge in [0.05, 0.1) is 11.2 Å². The lowest BCUT2D eigenvalue weighted by Gasteiger charge is -2.24. The molecule has 1 rings (SSSR count). The average molecular weight is 219 g/mol. The van der Waals surface area contributed by atoms with Crippen LogP contribution < -0.4 is 5.73 Å². The Hall–Kier alpha value is -0.580. The van der Waals surface area contributed by atoms with Crippen molar-refractivity contribution in [3.8, 4) is 0 Å². The van der Waals surface area contributed by atoms with E-state index >= 15 is 0 Å². The summed E-state index contributed by atoms with van der Waals surface area (Å²) in [5.41, 5.74) is 4.52. The van der Waals surface area contributed by atoms with E-state index in [0.29, 0.717) is 12.8 Å². The fourth-order valence-electron chi connectivity index (χ4n) is 2.04. The second-order valence-electron chi connectivity index (χ2n) is 4.03. The zero-order valence-corrected chi connectivity index (χ0v) is 9.27. The SMILES string of the molecule is CCS(=O)(=O)CC1(C(N)=O)CCCC1. The first-order valence-corrected chi connectivity index (χ1v) is 6.74. The Kier molecular flexibility index (Phi) is 3.19. The molecule has 0 unspecified atom stereocenters. The fraction of sp³-hybridized carbons (Fsp3) is 0.889. The van der Waals surface area contributed by atoms with Gasteiger partial charge in [-0.25, -0.2) is 8.42 Å². The van der Waals surface area contributed by atoms with Gasteiger partial charge >= 0.3 is 0 Å². The van der Waals surface area contributed by atoms with E-state index < -0.39 is 21.2 Å². The molecule has 0 aromatic heterocycles. The van der Waals surface area contributed by atoms with Crippen LogP contribution in [0.1, 0.15) is 32.6 Å². The van der Waals surface area contributed by atoms with Gasteiger partial charge in [0.2, 0.25) is 5.91 Å². The summed E-state index contributed by atoms with van der Waals surface area (Å²) in [6.45, 7) is 1.60. The van der Waals surface area contributed by atoms with Crippen LogP contribution in [0, 0.1) is 5.41 Å². The molecular formula is C9H17NO3S. The van der Waals surface area contributed by atoms with Crippen LogP contribution in [0.15, 0.2) is 0 Å². The molecule has 0 aromatic carbocycles. The first-order chi connectivity index (χ1) is 6.42. The molecule has 1 amide bonds. The standard InChI is InChI=1S/C9H17NO3S/c1-2-14(12,13)7-9(8(10)11)5-3-4-6-9/h2-7H2,1H3,(H2,10,11). The molecule has 14 heavy (non-hydrogen) atoms. The van der Waals surface area contributed by atoms with Crippen molar-refractivity contribution in [2.45, 2.75) is 32.6 Å². The van der Waals surface area contributed by atoms with Gasteiger partial charge in [-0.2, -0.15) is 0 Å². The molecule has 0 heterocycles. The van der Waals surface area contributed by atoms with Gasteiger partial charge in [0.15, 0.2) is 9.84 Å². The summed E-state index contributed by atoms with van der Waals surface area (Å²) in [5.74, 6) is -0.430. The summed E-state index contributed by atoms with van der Waals surface area (Å²) in [7, 11) is -3.11. The van der Waals surface area contributed by atoms with Crippen molar-refractivity contribution in [1.29, 1.82) is 0 Å². The van der Waals surface area contributed by atoms with Gasteiger partial charge in [-0.05, 0) is 12.8 Å². The minimum absolute atomic E-state index is 0.0637. The normalized spacial score (nSPS) is 20.9. The summed E-state index contributed by atoms with van der Waals surface area (Å²) in [4.78, 5) is 11.3. The summed E-state index contributed by atoms with van der Waals surface area (Å²) in [5, 5.41) is 0. The molecule has 0 radical (unpaired) electrons. The number of amides is 1. The van der Waals surface area contributed by atoms with Gasteiger partial charge in [-0.1, -0.05) is 19.8 Å². The Labute approximate surface area is 84.8 Å². The molecule has 0 saturated heterocycles. The van der Waals surface area contributed by atoms with E-state index in [-0.39, 0.29) is 11.5 Å². The van der Waals surface area contributed by atoms with Gasteiger partial charge in [0.1, 0.15) is 0 Å². The van der Waals surface area contributed by atoms with Crippen molar-refractivity contribution in [2.24, 2.45) is 11.1 Å². The molecule has 2 N–H and O–H groups in total. The Morgan fingerprint density at radius 1 is 1.36 bits per heavy atom. The number of rotatable bonds is 4. The third kappa shape index (κ3) is 2.26. The maximum Gasteiger partial charge on any atom is 0.224 e. The highest BCUT2D eigenvalue weighted by atomic mass is 32.2. The minimum atomic E-state index is -3.11. The summed E-state index contributed by atoms with van der Waals surface area (Å²) in [6, 6.07) is 0. The molecule has 5 heteroatoms. The van der Waals surface area contributed by atoms with Crippen LogP contribution in [-0.2, 0) is 14.6 Å². The van der Waals surface area contributed by atoms with E-state index in [2.05, 4.69) is 0 Å². The molecule has 1 saturated carbocycles. The summed E-state index contributed by atoms with van der Waals surface area (Å²) >= 11 is 0. The van der Waals surface area contributed by atoms with Crippen LogP contribution in [0.5, 0.6) is 0 Å². The number of carbonyl (C=O) groups excluding carboxylic acids is 1. The van der Waals surface area contributed by atoms with E-state index in [4.69, 9.17) is 5.73 Å². The average Bonchev–Trinajstić information content (AvgIpc) is 2.53. The van der Waals surface area contributed by atoms with Crippen LogP contribution >= 0.6 is 0 Å². The second-order valence-corrected chi connectivity index (χ2v) is 6.38. The molecule has 0 spiro atoms. The zero-order chi connectivity index (χ0) is 10.8. The largest absolute Gasteiger partial charge is 0.369 e. The lowest BCUT2D eigenvalue weighted by molar-refractivity contribution is -0.126. The summed E-state index contributed by atoms with van der Waals surface area (Å²) in [6.07, 6.45) is 3.06. The van der Waals surface area contributed by atoms with Gasteiger partial charge in [0.25, 0.3) is 0 Å². The molecule has 0 aliphatic heterocycles. The molecule has 4 nitrogen and oxygen atoms in total. The van der Waals surface area contributed by atoms with Crippen LogP contribution in [0.4, 0.5) is 0 Å². The lowest BCUT2D eigenvalue weighted by Crippen LogP contribution is -2.40. The molecule has 1 aliphatic carbocycles. The molecular weight excluding hydrogens is 202 g/mol. The first-order valence-electron chi connectivity index (χ1n) is 4.92. The van der Waals surface area contributed by atoms with Crippen molar-refractivity contribution < 1.29 is 13.2 Å². The quantitative estimate of drug-likeness (QED) is 0.746. The molecule has 0 aromatic rings. The van der Waals surface area contributed by atoms with E-state index in [1.807, 2.05) is 0 Å². The first kappa shape index (κ1) is 11.5.